The number of hydrogen-bond donors (Lipinski definition) is 0. The number of rotatable bonds is 4. The minimum Gasteiger partial charge on any atom is -0.401 e. The van der Waals surface area contributed by atoms with Gasteiger partial charge in [-0.2, -0.15) is 0 Å². The van der Waals surface area contributed by atoms with Crippen LogP contribution in [-0.4, -0.2) is 11.1 Å². The van der Waals surface area contributed by atoms with E-state index in [1.165, 1.54) is 12.1 Å². The number of hydrogen-bond acceptors (Lipinski definition) is 4. The first-order valence-corrected chi connectivity index (χ1v) is 5.26. The Morgan fingerprint density at radius 3 is 2.61 bits per heavy atom. The molecule has 2 aromatic rings. The zero-order valence-electron chi connectivity index (χ0n) is 9.39. The van der Waals surface area contributed by atoms with Crippen molar-refractivity contribution in [2.45, 2.75) is 0 Å². The first-order valence-electron chi connectivity index (χ1n) is 5.26. The molecule has 0 aliphatic rings. The minimum absolute atomic E-state index is 0.269. The summed E-state index contributed by atoms with van der Waals surface area (Å²) in [5.74, 6) is 0.149. The third-order valence-corrected chi connectivity index (χ3v) is 2.12. The third kappa shape index (κ3) is 3.15. The average molecular weight is 242 g/mol. The Morgan fingerprint density at radius 2 is 1.94 bits per heavy atom. The Morgan fingerprint density at radius 1 is 1.17 bits per heavy atom. The summed E-state index contributed by atoms with van der Waals surface area (Å²) in [6.07, 6.45) is 4.87. The first-order chi connectivity index (χ1) is 8.75. The van der Waals surface area contributed by atoms with E-state index in [0.717, 1.165) is 5.69 Å². The van der Waals surface area contributed by atoms with E-state index in [0.29, 0.717) is 5.76 Å². The van der Waals surface area contributed by atoms with Crippen molar-refractivity contribution in [2.75, 3.05) is 0 Å². The van der Waals surface area contributed by atoms with Crippen LogP contribution < -0.4 is 0 Å². The maximum absolute atomic E-state index is 10.4. The SMILES string of the molecule is O=[N+]([O-])c1ccc(/C=C/C=Nc2ccccc2)o1. The minimum atomic E-state index is -0.574. The molecule has 2 rings (SSSR count). The number of benzene rings is 1. The monoisotopic (exact) mass is 242 g/mol. The van der Waals surface area contributed by atoms with Crippen molar-refractivity contribution < 1.29 is 9.34 Å². The van der Waals surface area contributed by atoms with Crippen LogP contribution >= 0.6 is 0 Å². The molecule has 5 nitrogen and oxygen atoms in total. The van der Waals surface area contributed by atoms with Crippen LogP contribution in [0.4, 0.5) is 11.6 Å². The van der Waals surface area contributed by atoms with Crippen LogP contribution in [0.25, 0.3) is 6.08 Å². The molecule has 0 fully saturated rings. The quantitative estimate of drug-likeness (QED) is 0.467. The molecule has 1 aromatic heterocycles. The second-order valence-electron chi connectivity index (χ2n) is 3.41. The van der Waals surface area contributed by atoms with Gasteiger partial charge < -0.3 is 4.42 Å². The Hall–Kier alpha value is -2.69. The van der Waals surface area contributed by atoms with Gasteiger partial charge in [0.15, 0.2) is 0 Å². The lowest BCUT2D eigenvalue weighted by atomic mass is 10.3. The molecule has 0 atom stereocenters. The van der Waals surface area contributed by atoms with E-state index in [2.05, 4.69) is 4.99 Å². The number of furan rings is 1. The van der Waals surface area contributed by atoms with Crippen LogP contribution in [-0.2, 0) is 0 Å². The predicted octanol–water partition coefficient (Wildman–Crippen LogP) is 3.60. The van der Waals surface area contributed by atoms with E-state index in [9.17, 15) is 10.1 Å². The predicted molar refractivity (Wildman–Crippen MR) is 69.0 cm³/mol. The highest BCUT2D eigenvalue weighted by molar-refractivity contribution is 5.79. The Labute approximate surface area is 103 Å². The fourth-order valence-electron chi connectivity index (χ4n) is 1.31. The molecule has 5 heteroatoms. The number of nitro groups is 1. The molecule has 0 unspecified atom stereocenters. The van der Waals surface area contributed by atoms with Gasteiger partial charge in [0.05, 0.1) is 11.8 Å². The number of aliphatic imine (C=N–C) groups is 1. The lowest BCUT2D eigenvalue weighted by molar-refractivity contribution is -0.402. The highest BCUT2D eigenvalue weighted by Crippen LogP contribution is 2.16. The highest BCUT2D eigenvalue weighted by atomic mass is 16.6. The summed E-state index contributed by atoms with van der Waals surface area (Å²) in [7, 11) is 0. The van der Waals surface area contributed by atoms with Crippen molar-refractivity contribution in [1.82, 2.24) is 0 Å². The highest BCUT2D eigenvalue weighted by Gasteiger charge is 2.09. The van der Waals surface area contributed by atoms with Gasteiger partial charge in [-0.3, -0.25) is 15.1 Å². The van der Waals surface area contributed by atoms with Gasteiger partial charge in [-0.05, 0) is 30.4 Å². The van der Waals surface area contributed by atoms with E-state index >= 15 is 0 Å². The van der Waals surface area contributed by atoms with Crippen LogP contribution in [0.3, 0.4) is 0 Å². The van der Waals surface area contributed by atoms with Gasteiger partial charge in [-0.1, -0.05) is 18.2 Å². The molecule has 0 saturated carbocycles. The van der Waals surface area contributed by atoms with Gasteiger partial charge in [0.1, 0.15) is 10.7 Å². The van der Waals surface area contributed by atoms with E-state index in [1.54, 1.807) is 18.4 Å². The van der Waals surface area contributed by atoms with Gasteiger partial charge in [0.25, 0.3) is 0 Å². The molecule has 0 aliphatic heterocycles. The summed E-state index contributed by atoms with van der Waals surface area (Å²) in [5.41, 5.74) is 0.840. The molecule has 0 radical (unpaired) electrons. The Kier molecular flexibility index (Phi) is 3.66. The van der Waals surface area contributed by atoms with Gasteiger partial charge in [0.2, 0.25) is 0 Å². The van der Waals surface area contributed by atoms with Crippen molar-refractivity contribution in [3.05, 3.63) is 64.4 Å². The van der Waals surface area contributed by atoms with Crippen LogP contribution in [0.15, 0.2) is 58.0 Å². The number of nitrogens with zero attached hydrogens (tertiary/aromatic N) is 2. The van der Waals surface area contributed by atoms with E-state index in [-0.39, 0.29) is 5.88 Å². The Balaban J connectivity index is 1.99. The number of allylic oxidation sites excluding steroid dienone is 1. The zero-order valence-corrected chi connectivity index (χ0v) is 9.39. The van der Waals surface area contributed by atoms with Crippen LogP contribution in [0, 0.1) is 10.1 Å². The lowest BCUT2D eigenvalue weighted by Gasteiger charge is -1.88. The van der Waals surface area contributed by atoms with Crippen LogP contribution in [0.5, 0.6) is 0 Å². The molecule has 0 spiro atoms. The van der Waals surface area contributed by atoms with Crippen molar-refractivity contribution in [1.29, 1.82) is 0 Å². The van der Waals surface area contributed by atoms with E-state index in [1.807, 2.05) is 30.3 Å². The molecule has 1 aromatic carbocycles. The second-order valence-corrected chi connectivity index (χ2v) is 3.41. The summed E-state index contributed by atoms with van der Waals surface area (Å²) in [6.45, 7) is 0. The lowest BCUT2D eigenvalue weighted by Crippen LogP contribution is -1.82. The van der Waals surface area contributed by atoms with Crippen LogP contribution in [0.2, 0.25) is 0 Å². The summed E-state index contributed by atoms with van der Waals surface area (Å²) >= 11 is 0. The molecule has 0 amide bonds. The Bertz CT molecular complexity index is 585. The summed E-state index contributed by atoms with van der Waals surface area (Å²) < 4.78 is 4.95. The van der Waals surface area contributed by atoms with Gasteiger partial charge in [-0.25, -0.2) is 0 Å². The average Bonchev–Trinajstić information content (AvgIpc) is 2.85. The smallest absolute Gasteiger partial charge is 0.401 e. The standard InChI is InChI=1S/C13H10N2O3/c16-15(17)13-9-8-12(18-13)7-4-10-14-11-5-2-1-3-6-11/h1-10H/b7-4+,14-10?. The summed E-state index contributed by atoms with van der Waals surface area (Å²) in [4.78, 5) is 14.0. The van der Waals surface area contributed by atoms with Gasteiger partial charge in [-0.15, -0.1) is 0 Å². The maximum atomic E-state index is 10.4. The zero-order chi connectivity index (χ0) is 12.8. The van der Waals surface area contributed by atoms with Crippen molar-refractivity contribution in [2.24, 2.45) is 4.99 Å². The molecule has 0 saturated heterocycles. The summed E-state index contributed by atoms with van der Waals surface area (Å²) in [5, 5.41) is 10.4. The van der Waals surface area contributed by atoms with E-state index < -0.39 is 4.92 Å². The first kappa shape index (κ1) is 11.8. The topological polar surface area (TPSA) is 68.6 Å². The maximum Gasteiger partial charge on any atom is 0.433 e. The van der Waals surface area contributed by atoms with Crippen molar-refractivity contribution in [3.63, 3.8) is 0 Å². The third-order valence-electron chi connectivity index (χ3n) is 2.12. The molecule has 18 heavy (non-hydrogen) atoms. The second kappa shape index (κ2) is 5.58. The van der Waals surface area contributed by atoms with E-state index in [4.69, 9.17) is 4.42 Å². The molecule has 1 heterocycles. The fraction of sp³-hybridized carbons (Fsp3) is 0. The molecule has 0 N–H and O–H groups in total. The van der Waals surface area contributed by atoms with Crippen molar-refractivity contribution in [3.8, 4) is 0 Å². The van der Waals surface area contributed by atoms with Gasteiger partial charge in [0, 0.05) is 6.21 Å². The number of para-hydroxylation sites is 1. The van der Waals surface area contributed by atoms with Crippen molar-refractivity contribution >= 4 is 23.9 Å². The normalized spacial score (nSPS) is 11.3. The fourth-order valence-corrected chi connectivity index (χ4v) is 1.31. The van der Waals surface area contributed by atoms with Gasteiger partial charge >= 0.3 is 5.88 Å². The molecule has 0 aliphatic carbocycles. The molecule has 0 bridgehead atoms. The van der Waals surface area contributed by atoms with Crippen LogP contribution in [0.1, 0.15) is 5.76 Å². The molecular formula is C13H10N2O3. The summed E-state index contributed by atoms with van der Waals surface area (Å²) in [6, 6.07) is 12.3. The molecular weight excluding hydrogens is 232 g/mol. The largest absolute Gasteiger partial charge is 0.433 e. The molecule has 90 valence electrons.